The molecule has 0 saturated carbocycles. The molecule has 2 aromatic rings. The Balaban J connectivity index is 0.00000200. The summed E-state index contributed by atoms with van der Waals surface area (Å²) >= 11 is 0. The van der Waals surface area contributed by atoms with Gasteiger partial charge in [0.05, 0.1) is 6.42 Å². The number of imidazole rings is 1. The number of nitrogens with one attached hydrogen (secondary N) is 1. The number of hydrogen-bond donors (Lipinski definition) is 2. The third kappa shape index (κ3) is 3.97. The molecule has 0 radical (unpaired) electrons. The van der Waals surface area contributed by atoms with Crippen LogP contribution >= 0.6 is 0 Å². The first-order valence-electron chi connectivity index (χ1n) is 5.77. The van der Waals surface area contributed by atoms with Crippen molar-refractivity contribution in [2.45, 2.75) is 13.8 Å². The Bertz CT molecular complexity index is 632. The SMILES string of the molecule is C.Cn1ccnc1C#Cc1ccc(CC(=O)NN)cc1. The van der Waals surface area contributed by atoms with Gasteiger partial charge in [0.25, 0.3) is 0 Å². The van der Waals surface area contributed by atoms with Gasteiger partial charge in [-0.3, -0.25) is 10.2 Å². The fourth-order valence-electron chi connectivity index (χ4n) is 1.56. The molecule has 0 aliphatic carbocycles. The third-order valence-electron chi connectivity index (χ3n) is 2.62. The van der Waals surface area contributed by atoms with Crippen molar-refractivity contribution in [1.82, 2.24) is 15.0 Å². The van der Waals surface area contributed by atoms with Crippen LogP contribution in [0.2, 0.25) is 0 Å². The van der Waals surface area contributed by atoms with Crippen molar-refractivity contribution in [1.29, 1.82) is 0 Å². The molecule has 1 amide bonds. The molecule has 0 saturated heterocycles. The van der Waals surface area contributed by atoms with Crippen LogP contribution in [0.15, 0.2) is 36.7 Å². The van der Waals surface area contributed by atoms with Crippen molar-refractivity contribution in [3.05, 3.63) is 53.6 Å². The molecule has 20 heavy (non-hydrogen) atoms. The number of aryl methyl sites for hydroxylation is 1. The molecule has 1 heterocycles. The molecule has 0 spiro atoms. The molecule has 104 valence electrons. The number of rotatable bonds is 2. The van der Waals surface area contributed by atoms with Gasteiger partial charge < -0.3 is 4.57 Å². The maximum absolute atomic E-state index is 11.1. The topological polar surface area (TPSA) is 72.9 Å². The zero-order valence-electron chi connectivity index (χ0n) is 10.6. The Kier molecular flexibility index (Phi) is 5.51. The Morgan fingerprint density at radius 2 is 2.05 bits per heavy atom. The van der Waals surface area contributed by atoms with Gasteiger partial charge in [0.15, 0.2) is 5.82 Å². The highest BCUT2D eigenvalue weighted by Crippen LogP contribution is 2.04. The van der Waals surface area contributed by atoms with E-state index in [1.54, 1.807) is 6.20 Å². The molecular weight excluding hydrogens is 252 g/mol. The summed E-state index contributed by atoms with van der Waals surface area (Å²) in [6.45, 7) is 0. The molecule has 1 aromatic heterocycles. The minimum absolute atomic E-state index is 0. The maximum atomic E-state index is 11.1. The second-order valence-corrected chi connectivity index (χ2v) is 4.05. The lowest BCUT2D eigenvalue weighted by Crippen LogP contribution is -2.31. The van der Waals surface area contributed by atoms with Gasteiger partial charge in [-0.1, -0.05) is 25.5 Å². The van der Waals surface area contributed by atoms with Gasteiger partial charge in [0.2, 0.25) is 5.91 Å². The fraction of sp³-hybridized carbons (Fsp3) is 0.200. The van der Waals surface area contributed by atoms with E-state index in [0.29, 0.717) is 5.82 Å². The molecule has 0 aliphatic heterocycles. The average Bonchev–Trinajstić information content (AvgIpc) is 2.83. The van der Waals surface area contributed by atoms with Crippen LogP contribution in [0, 0.1) is 11.8 Å². The Hall–Kier alpha value is -2.58. The predicted octanol–water partition coefficient (Wildman–Crippen LogP) is 0.988. The molecule has 3 N–H and O–H groups in total. The Morgan fingerprint density at radius 1 is 1.35 bits per heavy atom. The number of hydrogen-bond acceptors (Lipinski definition) is 3. The van der Waals surface area contributed by atoms with Crippen LogP contribution in [-0.2, 0) is 18.3 Å². The van der Waals surface area contributed by atoms with Gasteiger partial charge in [0.1, 0.15) is 0 Å². The largest absolute Gasteiger partial charge is 0.327 e. The highest BCUT2D eigenvalue weighted by atomic mass is 16.2. The molecular formula is C15H18N4O. The quantitative estimate of drug-likeness (QED) is 0.370. The van der Waals surface area contributed by atoms with Gasteiger partial charge in [-0.2, -0.15) is 0 Å². The van der Waals surface area contributed by atoms with Crippen LogP contribution in [0.1, 0.15) is 24.4 Å². The van der Waals surface area contributed by atoms with Crippen LogP contribution in [0.5, 0.6) is 0 Å². The van der Waals surface area contributed by atoms with Crippen LogP contribution in [-0.4, -0.2) is 15.5 Å². The van der Waals surface area contributed by atoms with E-state index in [-0.39, 0.29) is 19.8 Å². The van der Waals surface area contributed by atoms with Crippen molar-refractivity contribution in [3.8, 4) is 11.8 Å². The van der Waals surface area contributed by atoms with Gasteiger partial charge in [-0.05, 0) is 23.6 Å². The molecule has 5 heteroatoms. The lowest BCUT2D eigenvalue weighted by atomic mass is 10.1. The molecule has 5 nitrogen and oxygen atoms in total. The third-order valence-corrected chi connectivity index (χ3v) is 2.62. The highest BCUT2D eigenvalue weighted by Gasteiger charge is 2.00. The number of benzene rings is 1. The summed E-state index contributed by atoms with van der Waals surface area (Å²) in [4.78, 5) is 15.2. The minimum Gasteiger partial charge on any atom is -0.327 e. The monoisotopic (exact) mass is 270 g/mol. The fourth-order valence-corrected chi connectivity index (χ4v) is 1.56. The molecule has 1 aromatic carbocycles. The van der Waals surface area contributed by atoms with Crippen LogP contribution in [0.4, 0.5) is 0 Å². The standard InChI is InChI=1S/C14H14N4O.CH4/c1-18-9-8-16-13(18)7-6-11-2-4-12(5-3-11)10-14(19)17-15;/h2-5,8-9H,10,15H2,1H3,(H,17,19);1H4. The first-order chi connectivity index (χ1) is 9.19. The van der Waals surface area contributed by atoms with Crippen LogP contribution in [0.25, 0.3) is 0 Å². The molecule has 2 rings (SSSR count). The summed E-state index contributed by atoms with van der Waals surface area (Å²) in [6.07, 6.45) is 3.82. The molecule has 0 fully saturated rings. The van der Waals surface area contributed by atoms with Crippen molar-refractivity contribution in [3.63, 3.8) is 0 Å². The van der Waals surface area contributed by atoms with E-state index in [9.17, 15) is 4.79 Å². The van der Waals surface area contributed by atoms with Gasteiger partial charge in [0, 0.05) is 25.0 Å². The number of nitrogens with two attached hydrogens (primary N) is 1. The van der Waals surface area contributed by atoms with E-state index >= 15 is 0 Å². The summed E-state index contributed by atoms with van der Waals surface area (Å²) in [7, 11) is 1.89. The Morgan fingerprint density at radius 3 is 2.60 bits per heavy atom. The minimum atomic E-state index is -0.216. The van der Waals surface area contributed by atoms with Gasteiger partial charge in [-0.15, -0.1) is 0 Å². The molecule has 0 unspecified atom stereocenters. The average molecular weight is 270 g/mol. The summed E-state index contributed by atoms with van der Waals surface area (Å²) in [6, 6.07) is 7.46. The lowest BCUT2D eigenvalue weighted by molar-refractivity contribution is -0.120. The second kappa shape index (κ2) is 7.12. The zero-order chi connectivity index (χ0) is 13.7. The number of nitrogens with zero attached hydrogens (tertiary/aromatic N) is 2. The van der Waals surface area contributed by atoms with E-state index in [2.05, 4.69) is 22.3 Å². The van der Waals surface area contributed by atoms with E-state index < -0.39 is 0 Å². The zero-order valence-corrected chi connectivity index (χ0v) is 10.6. The van der Waals surface area contributed by atoms with Crippen molar-refractivity contribution >= 4 is 5.91 Å². The summed E-state index contributed by atoms with van der Waals surface area (Å²) in [5.74, 6) is 11.5. The summed E-state index contributed by atoms with van der Waals surface area (Å²) < 4.78 is 1.85. The maximum Gasteiger partial charge on any atom is 0.238 e. The van der Waals surface area contributed by atoms with Crippen molar-refractivity contribution in [2.75, 3.05) is 0 Å². The smallest absolute Gasteiger partial charge is 0.238 e. The van der Waals surface area contributed by atoms with E-state index in [4.69, 9.17) is 5.84 Å². The molecule has 0 atom stereocenters. The van der Waals surface area contributed by atoms with Gasteiger partial charge in [-0.25, -0.2) is 10.8 Å². The van der Waals surface area contributed by atoms with Crippen LogP contribution in [0.3, 0.4) is 0 Å². The van der Waals surface area contributed by atoms with Crippen molar-refractivity contribution < 1.29 is 4.79 Å². The van der Waals surface area contributed by atoms with E-state index in [1.807, 2.05) is 42.1 Å². The molecule has 0 bridgehead atoms. The molecule has 0 aliphatic rings. The first kappa shape index (κ1) is 15.5. The normalized spacial score (nSPS) is 9.10. The van der Waals surface area contributed by atoms with E-state index in [0.717, 1.165) is 11.1 Å². The number of hydrazine groups is 1. The number of aromatic nitrogens is 2. The highest BCUT2D eigenvalue weighted by molar-refractivity contribution is 5.77. The second-order valence-electron chi connectivity index (χ2n) is 4.05. The first-order valence-corrected chi connectivity index (χ1v) is 5.77. The summed E-state index contributed by atoms with van der Waals surface area (Å²) in [5, 5.41) is 0. The summed E-state index contributed by atoms with van der Waals surface area (Å²) in [5.41, 5.74) is 3.87. The lowest BCUT2D eigenvalue weighted by Gasteiger charge is -1.99. The Labute approximate surface area is 118 Å². The number of carbonyl (C=O) groups is 1. The predicted molar refractivity (Wildman–Crippen MR) is 78.4 cm³/mol. The van der Waals surface area contributed by atoms with Crippen molar-refractivity contribution in [2.24, 2.45) is 12.9 Å². The van der Waals surface area contributed by atoms with E-state index in [1.165, 1.54) is 0 Å². The van der Waals surface area contributed by atoms with Crippen LogP contribution < -0.4 is 11.3 Å². The number of carbonyl (C=O) groups excluding carboxylic acids is 1. The van der Waals surface area contributed by atoms with Gasteiger partial charge >= 0.3 is 0 Å². The number of amides is 1.